The van der Waals surface area contributed by atoms with E-state index in [-0.39, 0.29) is 6.10 Å². The number of aliphatic carboxylic acids is 1. The average molecular weight is 247 g/mol. The monoisotopic (exact) mass is 247 g/mol. The molecule has 0 aliphatic carbocycles. The SMILES string of the molecule is O=CNC(CSCC1CCCCO1)C(=O)O. The molecule has 16 heavy (non-hydrogen) atoms. The first-order chi connectivity index (χ1) is 7.74. The molecule has 0 bridgehead atoms. The fourth-order valence-electron chi connectivity index (χ4n) is 1.53. The number of carbonyl (C=O) groups excluding carboxylic acids is 1. The second-order valence-electron chi connectivity index (χ2n) is 3.70. The lowest BCUT2D eigenvalue weighted by Gasteiger charge is -2.22. The van der Waals surface area contributed by atoms with Gasteiger partial charge >= 0.3 is 5.97 Å². The van der Waals surface area contributed by atoms with Gasteiger partial charge in [0, 0.05) is 18.1 Å². The maximum absolute atomic E-state index is 10.7. The molecule has 0 spiro atoms. The van der Waals surface area contributed by atoms with E-state index in [0.717, 1.165) is 25.2 Å². The Morgan fingerprint density at radius 3 is 3.00 bits per heavy atom. The Morgan fingerprint density at radius 1 is 1.62 bits per heavy atom. The third-order valence-corrected chi connectivity index (χ3v) is 3.61. The molecule has 2 N–H and O–H groups in total. The van der Waals surface area contributed by atoms with E-state index in [4.69, 9.17) is 9.84 Å². The molecule has 1 aliphatic heterocycles. The van der Waals surface area contributed by atoms with E-state index in [1.165, 1.54) is 18.2 Å². The molecule has 1 heterocycles. The minimum atomic E-state index is -0.996. The van der Waals surface area contributed by atoms with Crippen molar-refractivity contribution >= 4 is 24.1 Å². The van der Waals surface area contributed by atoms with Gasteiger partial charge in [-0.3, -0.25) is 4.79 Å². The van der Waals surface area contributed by atoms with Crippen LogP contribution in [-0.4, -0.2) is 47.7 Å². The first-order valence-corrected chi connectivity index (χ1v) is 6.51. The van der Waals surface area contributed by atoms with Gasteiger partial charge in [0.1, 0.15) is 6.04 Å². The van der Waals surface area contributed by atoms with Crippen LogP contribution in [0.4, 0.5) is 0 Å². The van der Waals surface area contributed by atoms with Crippen LogP contribution in [-0.2, 0) is 14.3 Å². The van der Waals surface area contributed by atoms with E-state index in [0.29, 0.717) is 12.2 Å². The van der Waals surface area contributed by atoms with E-state index in [2.05, 4.69) is 5.32 Å². The molecule has 1 aliphatic rings. The maximum atomic E-state index is 10.7. The summed E-state index contributed by atoms with van der Waals surface area (Å²) >= 11 is 1.51. The summed E-state index contributed by atoms with van der Waals surface area (Å²) in [4.78, 5) is 20.9. The van der Waals surface area contributed by atoms with Gasteiger partial charge in [0.15, 0.2) is 0 Å². The fourth-order valence-corrected chi connectivity index (χ4v) is 2.67. The largest absolute Gasteiger partial charge is 0.480 e. The molecule has 0 aromatic rings. The summed E-state index contributed by atoms with van der Waals surface area (Å²) in [6, 6.07) is -0.800. The van der Waals surface area contributed by atoms with E-state index in [1.54, 1.807) is 0 Å². The number of nitrogens with one attached hydrogen (secondary N) is 1. The second kappa shape index (κ2) is 7.51. The van der Waals surface area contributed by atoms with Gasteiger partial charge in [-0.15, -0.1) is 0 Å². The van der Waals surface area contributed by atoms with Crippen molar-refractivity contribution in [3.05, 3.63) is 0 Å². The zero-order valence-corrected chi connectivity index (χ0v) is 9.87. The molecule has 92 valence electrons. The van der Waals surface area contributed by atoms with Crippen LogP contribution in [0.5, 0.6) is 0 Å². The summed E-state index contributed by atoms with van der Waals surface area (Å²) in [7, 11) is 0. The molecule has 6 heteroatoms. The van der Waals surface area contributed by atoms with Crippen LogP contribution < -0.4 is 5.32 Å². The number of hydrogen-bond donors (Lipinski definition) is 2. The standard InChI is InChI=1S/C10H17NO4S/c12-7-11-9(10(13)14)6-16-5-8-3-1-2-4-15-8/h7-9H,1-6H2,(H,11,12)(H,13,14). The van der Waals surface area contributed by atoms with Crippen molar-refractivity contribution in [2.75, 3.05) is 18.1 Å². The smallest absolute Gasteiger partial charge is 0.327 e. The molecule has 2 atom stereocenters. The number of carboxylic acid groups (broad SMARTS) is 1. The molecule has 2 unspecified atom stereocenters. The van der Waals surface area contributed by atoms with Crippen molar-refractivity contribution in [3.8, 4) is 0 Å². The maximum Gasteiger partial charge on any atom is 0.327 e. The summed E-state index contributed by atoms with van der Waals surface area (Å²) in [5.41, 5.74) is 0. The second-order valence-corrected chi connectivity index (χ2v) is 4.78. The van der Waals surface area contributed by atoms with Crippen molar-refractivity contribution in [1.82, 2.24) is 5.32 Å². The van der Waals surface area contributed by atoms with Crippen LogP contribution >= 0.6 is 11.8 Å². The predicted molar refractivity (Wildman–Crippen MR) is 61.5 cm³/mol. The van der Waals surface area contributed by atoms with Crippen LogP contribution in [0, 0.1) is 0 Å². The number of rotatable bonds is 7. The molecule has 1 rings (SSSR count). The van der Waals surface area contributed by atoms with Crippen LogP contribution in [0.15, 0.2) is 0 Å². The number of hydrogen-bond acceptors (Lipinski definition) is 4. The van der Waals surface area contributed by atoms with Crippen molar-refractivity contribution in [1.29, 1.82) is 0 Å². The topological polar surface area (TPSA) is 75.6 Å². The van der Waals surface area contributed by atoms with E-state index in [1.807, 2.05) is 0 Å². The van der Waals surface area contributed by atoms with Gasteiger partial charge in [-0.2, -0.15) is 11.8 Å². The third-order valence-electron chi connectivity index (χ3n) is 2.43. The number of carboxylic acids is 1. The third kappa shape index (κ3) is 4.85. The lowest BCUT2D eigenvalue weighted by atomic mass is 10.1. The van der Waals surface area contributed by atoms with E-state index in [9.17, 15) is 9.59 Å². The lowest BCUT2D eigenvalue weighted by molar-refractivity contribution is -0.139. The highest BCUT2D eigenvalue weighted by Crippen LogP contribution is 2.17. The summed E-state index contributed by atoms with van der Waals surface area (Å²) in [5.74, 6) is 0.183. The normalized spacial score (nSPS) is 22.4. The number of amides is 1. The van der Waals surface area contributed by atoms with Crippen molar-refractivity contribution in [2.45, 2.75) is 31.4 Å². The molecular weight excluding hydrogens is 230 g/mol. The van der Waals surface area contributed by atoms with Gasteiger partial charge < -0.3 is 15.2 Å². The van der Waals surface area contributed by atoms with Crippen LogP contribution in [0.25, 0.3) is 0 Å². The molecule has 0 aromatic heterocycles. The highest BCUT2D eigenvalue weighted by molar-refractivity contribution is 7.99. The number of carbonyl (C=O) groups is 2. The van der Waals surface area contributed by atoms with Crippen LogP contribution in [0.3, 0.4) is 0 Å². The zero-order chi connectivity index (χ0) is 11.8. The summed E-state index contributed by atoms with van der Waals surface area (Å²) in [6.07, 6.45) is 4.01. The van der Waals surface area contributed by atoms with Crippen molar-refractivity contribution < 1.29 is 19.4 Å². The van der Waals surface area contributed by atoms with Gasteiger partial charge in [-0.25, -0.2) is 4.79 Å². The highest BCUT2D eigenvalue weighted by Gasteiger charge is 2.18. The molecular formula is C10H17NO4S. The summed E-state index contributed by atoms with van der Waals surface area (Å²) in [5, 5.41) is 11.1. The molecule has 0 radical (unpaired) electrons. The Bertz CT molecular complexity index is 231. The molecule has 1 saturated heterocycles. The zero-order valence-electron chi connectivity index (χ0n) is 9.05. The van der Waals surface area contributed by atoms with Gasteiger partial charge in [-0.05, 0) is 19.3 Å². The highest BCUT2D eigenvalue weighted by atomic mass is 32.2. The van der Waals surface area contributed by atoms with Gasteiger partial charge in [0.25, 0.3) is 0 Å². The van der Waals surface area contributed by atoms with E-state index < -0.39 is 12.0 Å². The first-order valence-electron chi connectivity index (χ1n) is 5.36. The molecule has 1 fully saturated rings. The quantitative estimate of drug-likeness (QED) is 0.640. The van der Waals surface area contributed by atoms with Gasteiger partial charge in [0.05, 0.1) is 6.10 Å². The Morgan fingerprint density at radius 2 is 2.44 bits per heavy atom. The Labute approximate surface area is 98.9 Å². The van der Waals surface area contributed by atoms with Gasteiger partial charge in [-0.1, -0.05) is 0 Å². The Balaban J connectivity index is 2.16. The van der Waals surface area contributed by atoms with Crippen LogP contribution in [0.2, 0.25) is 0 Å². The number of thioether (sulfide) groups is 1. The summed E-state index contributed by atoms with van der Waals surface area (Å²) in [6.45, 7) is 0.806. The molecule has 1 amide bonds. The molecule has 0 aromatic carbocycles. The summed E-state index contributed by atoms with van der Waals surface area (Å²) < 4.78 is 5.52. The predicted octanol–water partition coefficient (Wildman–Crippen LogP) is 0.488. The van der Waals surface area contributed by atoms with Crippen molar-refractivity contribution in [3.63, 3.8) is 0 Å². The minimum Gasteiger partial charge on any atom is -0.480 e. The fraction of sp³-hybridized carbons (Fsp3) is 0.800. The Kier molecular flexibility index (Phi) is 6.25. The molecule has 5 nitrogen and oxygen atoms in total. The van der Waals surface area contributed by atoms with Crippen LogP contribution in [0.1, 0.15) is 19.3 Å². The average Bonchev–Trinajstić information content (AvgIpc) is 2.29. The van der Waals surface area contributed by atoms with Crippen molar-refractivity contribution in [2.24, 2.45) is 0 Å². The minimum absolute atomic E-state index is 0.240. The molecule has 0 saturated carbocycles. The Hall–Kier alpha value is -0.750. The van der Waals surface area contributed by atoms with E-state index >= 15 is 0 Å². The van der Waals surface area contributed by atoms with Gasteiger partial charge in [0.2, 0.25) is 6.41 Å². The number of ether oxygens (including phenoxy) is 1. The lowest BCUT2D eigenvalue weighted by Crippen LogP contribution is -2.38. The first kappa shape index (κ1) is 13.3.